The lowest BCUT2D eigenvalue weighted by Gasteiger charge is -2.11. The quantitative estimate of drug-likeness (QED) is 0.795. The van der Waals surface area contributed by atoms with Crippen LogP contribution in [-0.2, 0) is 11.3 Å². The van der Waals surface area contributed by atoms with Crippen molar-refractivity contribution in [1.82, 2.24) is 4.57 Å². The van der Waals surface area contributed by atoms with E-state index < -0.39 is 0 Å². The van der Waals surface area contributed by atoms with Gasteiger partial charge in [0.1, 0.15) is 0 Å². The highest BCUT2D eigenvalue weighted by atomic mass is 127. The van der Waals surface area contributed by atoms with E-state index in [1.165, 1.54) is 0 Å². The largest absolute Gasteiger partial charge is 0.378 e. The topological polar surface area (TPSA) is 31.2 Å². The number of pyridine rings is 1. The molecule has 1 aromatic rings. The highest BCUT2D eigenvalue weighted by molar-refractivity contribution is 14.1. The summed E-state index contributed by atoms with van der Waals surface area (Å²) >= 11 is 2.26. The summed E-state index contributed by atoms with van der Waals surface area (Å²) in [7, 11) is 0. The number of halogens is 1. The van der Waals surface area contributed by atoms with E-state index in [2.05, 4.69) is 22.6 Å². The lowest BCUT2D eigenvalue weighted by Crippen LogP contribution is -2.22. The van der Waals surface area contributed by atoms with Crippen molar-refractivity contribution in [2.75, 3.05) is 6.61 Å². The van der Waals surface area contributed by atoms with Crippen molar-refractivity contribution in [3.8, 4) is 0 Å². The summed E-state index contributed by atoms with van der Waals surface area (Å²) in [4.78, 5) is 11.7. The molecule has 1 atom stereocenters. The molecule has 0 radical (unpaired) electrons. The fourth-order valence-electron chi connectivity index (χ4n) is 1.97. The number of aryl methyl sites for hydroxylation is 2. The minimum atomic E-state index is 0.0934. The molecule has 0 amide bonds. The molecule has 16 heavy (non-hydrogen) atoms. The normalized spacial score (nSPS) is 20.2. The monoisotopic (exact) mass is 333 g/mol. The van der Waals surface area contributed by atoms with Gasteiger partial charge >= 0.3 is 0 Å². The maximum atomic E-state index is 11.7. The summed E-state index contributed by atoms with van der Waals surface area (Å²) in [5, 5.41) is 0. The zero-order valence-electron chi connectivity index (χ0n) is 9.41. The van der Waals surface area contributed by atoms with Crippen molar-refractivity contribution < 1.29 is 4.74 Å². The van der Waals surface area contributed by atoms with Crippen molar-refractivity contribution in [2.24, 2.45) is 0 Å². The highest BCUT2D eigenvalue weighted by Crippen LogP contribution is 2.16. The Labute approximate surface area is 109 Å². The zero-order valence-corrected chi connectivity index (χ0v) is 11.6. The van der Waals surface area contributed by atoms with Gasteiger partial charge in [-0.25, -0.2) is 0 Å². The van der Waals surface area contributed by atoms with Crippen LogP contribution in [0, 0.1) is 10.5 Å². The Morgan fingerprint density at radius 2 is 2.44 bits per heavy atom. The van der Waals surface area contributed by atoms with Gasteiger partial charge in [0.2, 0.25) is 0 Å². The van der Waals surface area contributed by atoms with Crippen LogP contribution < -0.4 is 5.56 Å². The highest BCUT2D eigenvalue weighted by Gasteiger charge is 2.15. The van der Waals surface area contributed by atoms with Gasteiger partial charge in [-0.15, -0.1) is 0 Å². The van der Waals surface area contributed by atoms with E-state index in [1.807, 2.05) is 13.1 Å². The molecule has 0 saturated carbocycles. The molecular weight excluding hydrogens is 317 g/mol. The lowest BCUT2D eigenvalue weighted by atomic mass is 10.2. The van der Waals surface area contributed by atoms with Crippen LogP contribution in [0.1, 0.15) is 24.8 Å². The van der Waals surface area contributed by atoms with E-state index in [9.17, 15) is 4.79 Å². The third-order valence-corrected chi connectivity index (χ3v) is 4.11. The van der Waals surface area contributed by atoms with Gasteiger partial charge in [0.25, 0.3) is 5.56 Å². The van der Waals surface area contributed by atoms with Crippen molar-refractivity contribution in [1.29, 1.82) is 0 Å². The van der Waals surface area contributed by atoms with E-state index in [0.717, 1.165) is 41.5 Å². The molecule has 1 unspecified atom stereocenters. The molecular formula is C12H16INO2. The Morgan fingerprint density at radius 1 is 1.62 bits per heavy atom. The van der Waals surface area contributed by atoms with Crippen LogP contribution in [-0.4, -0.2) is 17.3 Å². The van der Waals surface area contributed by atoms with Crippen LogP contribution in [0.4, 0.5) is 0 Å². The Bertz CT molecular complexity index is 422. The van der Waals surface area contributed by atoms with Crippen molar-refractivity contribution >= 4 is 22.6 Å². The number of ether oxygens (including phenoxy) is 1. The van der Waals surface area contributed by atoms with Gasteiger partial charge in [0.15, 0.2) is 0 Å². The molecule has 1 saturated heterocycles. The Hall–Kier alpha value is -0.360. The first kappa shape index (κ1) is 12.1. The minimum Gasteiger partial charge on any atom is -0.378 e. The molecule has 3 nitrogen and oxygen atoms in total. The average molecular weight is 333 g/mol. The molecule has 4 heteroatoms. The molecule has 0 aromatic carbocycles. The first-order valence-electron chi connectivity index (χ1n) is 5.65. The maximum Gasteiger partial charge on any atom is 0.250 e. The smallest absolute Gasteiger partial charge is 0.250 e. The summed E-state index contributed by atoms with van der Waals surface area (Å²) in [6.07, 6.45) is 5.53. The molecule has 1 aliphatic heterocycles. The number of hydrogen-bond donors (Lipinski definition) is 0. The van der Waals surface area contributed by atoms with E-state index in [0.29, 0.717) is 6.10 Å². The molecule has 0 spiro atoms. The molecule has 0 bridgehead atoms. The van der Waals surface area contributed by atoms with E-state index >= 15 is 0 Å². The molecule has 88 valence electrons. The van der Waals surface area contributed by atoms with Crippen molar-refractivity contribution in [3.63, 3.8) is 0 Å². The standard InChI is InChI=1S/C12H16INO2/c1-9-7-12(15)14(8-11(9)13)5-4-10-3-2-6-16-10/h7-8,10H,2-6H2,1H3. The number of rotatable bonds is 3. The van der Waals surface area contributed by atoms with Crippen LogP contribution in [0.3, 0.4) is 0 Å². The summed E-state index contributed by atoms with van der Waals surface area (Å²) in [5.41, 5.74) is 1.15. The van der Waals surface area contributed by atoms with Gasteiger partial charge < -0.3 is 9.30 Å². The van der Waals surface area contributed by atoms with E-state index in [4.69, 9.17) is 4.74 Å². The average Bonchev–Trinajstić information content (AvgIpc) is 2.74. The SMILES string of the molecule is Cc1cc(=O)n(CCC2CCCO2)cc1I. The number of aromatic nitrogens is 1. The van der Waals surface area contributed by atoms with Gasteiger partial charge in [0.05, 0.1) is 6.10 Å². The van der Waals surface area contributed by atoms with Crippen LogP contribution in [0.25, 0.3) is 0 Å². The van der Waals surface area contributed by atoms with Gasteiger partial charge in [-0.05, 0) is 54.3 Å². The van der Waals surface area contributed by atoms with Crippen LogP contribution in [0.5, 0.6) is 0 Å². The summed E-state index contributed by atoms with van der Waals surface area (Å²) < 4.78 is 8.48. The first-order valence-corrected chi connectivity index (χ1v) is 6.73. The third-order valence-electron chi connectivity index (χ3n) is 2.98. The second-order valence-electron chi connectivity index (χ2n) is 4.26. The van der Waals surface area contributed by atoms with Crippen LogP contribution in [0.15, 0.2) is 17.1 Å². The third kappa shape index (κ3) is 2.85. The van der Waals surface area contributed by atoms with E-state index in [1.54, 1.807) is 10.6 Å². The molecule has 0 N–H and O–H groups in total. The van der Waals surface area contributed by atoms with Crippen molar-refractivity contribution in [3.05, 3.63) is 31.8 Å². The van der Waals surface area contributed by atoms with Gasteiger partial charge in [-0.2, -0.15) is 0 Å². The predicted molar refractivity (Wildman–Crippen MR) is 71.7 cm³/mol. The molecule has 1 aliphatic rings. The summed E-state index contributed by atoms with van der Waals surface area (Å²) in [6.45, 7) is 3.61. The lowest BCUT2D eigenvalue weighted by molar-refractivity contribution is 0.100. The molecule has 1 aromatic heterocycles. The van der Waals surface area contributed by atoms with Crippen LogP contribution >= 0.6 is 22.6 Å². The Balaban J connectivity index is 2.03. The molecule has 0 aliphatic carbocycles. The Kier molecular flexibility index (Phi) is 4.02. The first-order chi connectivity index (χ1) is 7.66. The molecule has 1 fully saturated rings. The van der Waals surface area contributed by atoms with E-state index in [-0.39, 0.29) is 5.56 Å². The second kappa shape index (κ2) is 5.31. The predicted octanol–water partition coefficient (Wildman–Crippen LogP) is 2.33. The van der Waals surface area contributed by atoms with Gasteiger partial charge in [0, 0.05) is 29.0 Å². The summed E-state index contributed by atoms with van der Waals surface area (Å²) in [6, 6.07) is 1.71. The Morgan fingerprint density at radius 3 is 3.12 bits per heavy atom. The minimum absolute atomic E-state index is 0.0934. The molecule has 2 heterocycles. The zero-order chi connectivity index (χ0) is 11.5. The van der Waals surface area contributed by atoms with Crippen LogP contribution in [0.2, 0.25) is 0 Å². The number of nitrogens with zero attached hydrogens (tertiary/aromatic N) is 1. The molecule has 2 rings (SSSR count). The maximum absolute atomic E-state index is 11.7. The fourth-order valence-corrected chi connectivity index (χ4v) is 2.46. The van der Waals surface area contributed by atoms with Gasteiger partial charge in [-0.1, -0.05) is 0 Å². The second-order valence-corrected chi connectivity index (χ2v) is 5.42. The fraction of sp³-hybridized carbons (Fsp3) is 0.583. The van der Waals surface area contributed by atoms with Crippen molar-refractivity contribution in [2.45, 2.75) is 38.8 Å². The number of hydrogen-bond acceptors (Lipinski definition) is 2. The summed E-state index contributed by atoms with van der Waals surface area (Å²) in [5.74, 6) is 0. The van der Waals surface area contributed by atoms with Gasteiger partial charge in [-0.3, -0.25) is 4.79 Å².